The van der Waals surface area contributed by atoms with E-state index in [9.17, 15) is 5.26 Å². The molecule has 0 aromatic heterocycles. The van der Waals surface area contributed by atoms with E-state index in [0.717, 1.165) is 21.2 Å². The SMILES string of the molecule is CCOc1cc(/C=C(\C#N)c2ccc(Br)cc2)cc(Cl)c1OCc1ccc(C)cc1. The van der Waals surface area contributed by atoms with E-state index in [2.05, 4.69) is 22.0 Å². The van der Waals surface area contributed by atoms with Gasteiger partial charge < -0.3 is 9.47 Å². The zero-order valence-corrected chi connectivity index (χ0v) is 19.1. The third-order valence-electron chi connectivity index (χ3n) is 4.42. The normalized spacial score (nSPS) is 11.1. The molecule has 0 radical (unpaired) electrons. The number of halogens is 2. The zero-order valence-electron chi connectivity index (χ0n) is 16.8. The van der Waals surface area contributed by atoms with Crippen LogP contribution in [0.5, 0.6) is 11.5 Å². The average molecular weight is 483 g/mol. The lowest BCUT2D eigenvalue weighted by atomic mass is 10.0. The molecule has 3 rings (SSSR count). The maximum absolute atomic E-state index is 9.62. The monoisotopic (exact) mass is 481 g/mol. The van der Waals surface area contributed by atoms with Gasteiger partial charge in [-0.3, -0.25) is 0 Å². The largest absolute Gasteiger partial charge is 0.490 e. The van der Waals surface area contributed by atoms with Crippen LogP contribution < -0.4 is 9.47 Å². The van der Waals surface area contributed by atoms with Gasteiger partial charge in [-0.2, -0.15) is 5.26 Å². The first-order valence-electron chi connectivity index (χ1n) is 9.52. The molecule has 0 fully saturated rings. The van der Waals surface area contributed by atoms with Crippen LogP contribution in [0.15, 0.2) is 65.1 Å². The lowest BCUT2D eigenvalue weighted by Crippen LogP contribution is -2.01. The van der Waals surface area contributed by atoms with Gasteiger partial charge in [-0.25, -0.2) is 0 Å². The number of ether oxygens (including phenoxy) is 2. The Morgan fingerprint density at radius 2 is 1.77 bits per heavy atom. The second-order valence-corrected chi connectivity index (χ2v) is 8.04. The van der Waals surface area contributed by atoms with Crippen LogP contribution >= 0.6 is 27.5 Å². The van der Waals surface area contributed by atoms with Crippen molar-refractivity contribution in [3.05, 3.63) is 92.4 Å². The molecule has 5 heteroatoms. The summed E-state index contributed by atoms with van der Waals surface area (Å²) < 4.78 is 12.7. The summed E-state index contributed by atoms with van der Waals surface area (Å²) in [7, 11) is 0. The Balaban J connectivity index is 1.90. The summed E-state index contributed by atoms with van der Waals surface area (Å²) in [5, 5.41) is 10.1. The fraction of sp³-hybridized carbons (Fsp3) is 0.160. The quantitative estimate of drug-likeness (QED) is 0.259. The summed E-state index contributed by atoms with van der Waals surface area (Å²) >= 11 is 9.94. The molecule has 0 unspecified atom stereocenters. The van der Waals surface area contributed by atoms with Crippen LogP contribution in [0.25, 0.3) is 11.6 Å². The van der Waals surface area contributed by atoms with E-state index in [4.69, 9.17) is 21.1 Å². The number of rotatable bonds is 7. The summed E-state index contributed by atoms with van der Waals surface area (Å²) in [4.78, 5) is 0. The third-order valence-corrected chi connectivity index (χ3v) is 5.23. The van der Waals surface area contributed by atoms with Gasteiger partial charge in [-0.05, 0) is 60.9 Å². The van der Waals surface area contributed by atoms with Crippen molar-refractivity contribution >= 4 is 39.2 Å². The van der Waals surface area contributed by atoms with E-state index in [1.807, 2.05) is 68.4 Å². The lowest BCUT2D eigenvalue weighted by molar-refractivity contribution is 0.269. The number of allylic oxidation sites excluding steroid dienone is 1. The molecule has 0 atom stereocenters. The molecular formula is C25H21BrClNO2. The van der Waals surface area contributed by atoms with Gasteiger partial charge in [0.1, 0.15) is 6.61 Å². The third kappa shape index (κ3) is 5.66. The molecule has 0 saturated carbocycles. The van der Waals surface area contributed by atoms with E-state index in [-0.39, 0.29) is 0 Å². The first-order chi connectivity index (χ1) is 14.5. The maximum Gasteiger partial charge on any atom is 0.180 e. The minimum atomic E-state index is 0.387. The summed E-state index contributed by atoms with van der Waals surface area (Å²) in [6.45, 7) is 4.81. The van der Waals surface area contributed by atoms with Crippen LogP contribution in [-0.2, 0) is 6.61 Å². The Hall–Kier alpha value is -2.74. The zero-order chi connectivity index (χ0) is 21.5. The predicted molar refractivity (Wildman–Crippen MR) is 126 cm³/mol. The van der Waals surface area contributed by atoms with Crippen LogP contribution in [0.2, 0.25) is 5.02 Å². The van der Waals surface area contributed by atoms with Crippen molar-refractivity contribution in [2.24, 2.45) is 0 Å². The van der Waals surface area contributed by atoms with Crippen LogP contribution in [0.1, 0.15) is 29.2 Å². The second kappa shape index (κ2) is 10.3. The van der Waals surface area contributed by atoms with Crippen molar-refractivity contribution in [2.75, 3.05) is 6.61 Å². The highest BCUT2D eigenvalue weighted by atomic mass is 79.9. The molecule has 0 aliphatic rings. The highest BCUT2D eigenvalue weighted by molar-refractivity contribution is 9.10. The fourth-order valence-electron chi connectivity index (χ4n) is 2.89. The Morgan fingerprint density at radius 3 is 2.40 bits per heavy atom. The van der Waals surface area contributed by atoms with E-state index >= 15 is 0 Å². The molecule has 0 saturated heterocycles. The number of nitrogens with zero attached hydrogens (tertiary/aromatic N) is 1. The van der Waals surface area contributed by atoms with Gasteiger partial charge in [-0.15, -0.1) is 0 Å². The lowest BCUT2D eigenvalue weighted by Gasteiger charge is -2.15. The Bertz CT molecular complexity index is 1080. The van der Waals surface area contributed by atoms with Gasteiger partial charge in [0.05, 0.1) is 23.3 Å². The molecule has 0 amide bonds. The van der Waals surface area contributed by atoms with Gasteiger partial charge in [0.15, 0.2) is 11.5 Å². The Kier molecular flexibility index (Phi) is 7.57. The van der Waals surface area contributed by atoms with Crippen LogP contribution in [0, 0.1) is 18.3 Å². The minimum absolute atomic E-state index is 0.387. The van der Waals surface area contributed by atoms with Gasteiger partial charge in [0.25, 0.3) is 0 Å². The standard InChI is InChI=1S/C25H21BrClNO2/c1-3-29-24-14-19(12-21(15-28)20-8-10-22(26)11-9-20)13-23(27)25(24)30-16-18-6-4-17(2)5-7-18/h4-14H,3,16H2,1-2H3/b21-12+. The molecule has 30 heavy (non-hydrogen) atoms. The molecule has 3 aromatic rings. The second-order valence-electron chi connectivity index (χ2n) is 6.71. The first-order valence-corrected chi connectivity index (χ1v) is 10.7. The van der Waals surface area contributed by atoms with Crippen molar-refractivity contribution in [3.8, 4) is 17.6 Å². The van der Waals surface area contributed by atoms with Crippen molar-refractivity contribution < 1.29 is 9.47 Å². The molecule has 0 spiro atoms. The maximum atomic E-state index is 9.62. The summed E-state index contributed by atoms with van der Waals surface area (Å²) in [6, 6.07) is 21.6. The van der Waals surface area contributed by atoms with E-state index in [1.165, 1.54) is 5.56 Å². The number of aryl methyl sites for hydroxylation is 1. The van der Waals surface area contributed by atoms with E-state index in [0.29, 0.717) is 35.3 Å². The molecule has 0 bridgehead atoms. The molecule has 0 aliphatic carbocycles. The smallest absolute Gasteiger partial charge is 0.180 e. The first kappa shape index (κ1) is 22.0. The Labute approximate surface area is 190 Å². The van der Waals surface area contributed by atoms with Crippen molar-refractivity contribution in [2.45, 2.75) is 20.5 Å². The highest BCUT2D eigenvalue weighted by Gasteiger charge is 2.13. The van der Waals surface area contributed by atoms with Gasteiger partial charge in [0, 0.05) is 4.47 Å². The molecule has 3 aromatic carbocycles. The van der Waals surface area contributed by atoms with Gasteiger partial charge in [-0.1, -0.05) is 69.5 Å². The number of hydrogen-bond donors (Lipinski definition) is 0. The summed E-state index contributed by atoms with van der Waals surface area (Å²) in [5.41, 5.74) is 4.38. The van der Waals surface area contributed by atoms with E-state index in [1.54, 1.807) is 12.1 Å². The van der Waals surface area contributed by atoms with Crippen LogP contribution in [-0.4, -0.2) is 6.61 Å². The molecule has 0 heterocycles. The van der Waals surface area contributed by atoms with E-state index < -0.39 is 0 Å². The predicted octanol–water partition coefficient (Wildman–Crippen LogP) is 7.45. The minimum Gasteiger partial charge on any atom is -0.490 e. The Morgan fingerprint density at radius 1 is 1.07 bits per heavy atom. The average Bonchev–Trinajstić information content (AvgIpc) is 2.73. The number of benzene rings is 3. The van der Waals surface area contributed by atoms with Crippen LogP contribution in [0.3, 0.4) is 0 Å². The molecule has 0 N–H and O–H groups in total. The summed E-state index contributed by atoms with van der Waals surface area (Å²) in [5.74, 6) is 1.05. The van der Waals surface area contributed by atoms with Crippen LogP contribution in [0.4, 0.5) is 0 Å². The number of nitriles is 1. The molecule has 0 aliphatic heterocycles. The van der Waals surface area contributed by atoms with Gasteiger partial charge in [0.2, 0.25) is 0 Å². The topological polar surface area (TPSA) is 42.2 Å². The highest BCUT2D eigenvalue weighted by Crippen LogP contribution is 2.38. The van der Waals surface area contributed by atoms with Crippen molar-refractivity contribution in [1.82, 2.24) is 0 Å². The van der Waals surface area contributed by atoms with Crippen molar-refractivity contribution in [1.29, 1.82) is 5.26 Å². The number of hydrogen-bond acceptors (Lipinski definition) is 3. The molecule has 152 valence electrons. The van der Waals surface area contributed by atoms with Crippen molar-refractivity contribution in [3.63, 3.8) is 0 Å². The fourth-order valence-corrected chi connectivity index (χ4v) is 3.43. The summed E-state index contributed by atoms with van der Waals surface area (Å²) in [6.07, 6.45) is 1.79. The molecule has 3 nitrogen and oxygen atoms in total. The molecular weight excluding hydrogens is 462 g/mol. The van der Waals surface area contributed by atoms with Gasteiger partial charge >= 0.3 is 0 Å².